The summed E-state index contributed by atoms with van der Waals surface area (Å²) in [6.07, 6.45) is 0. The van der Waals surface area contributed by atoms with Gasteiger partial charge in [0, 0.05) is 17.5 Å². The zero-order valence-electron chi connectivity index (χ0n) is 7.43. The molecule has 0 saturated heterocycles. The minimum absolute atomic E-state index is 0.0555. The van der Waals surface area contributed by atoms with Gasteiger partial charge in [-0.2, -0.15) is 0 Å². The Morgan fingerprint density at radius 2 is 2.00 bits per heavy atom. The highest BCUT2D eigenvalue weighted by molar-refractivity contribution is 6.01. The molecule has 0 aliphatic rings. The summed E-state index contributed by atoms with van der Waals surface area (Å²) in [4.78, 5) is 21.8. The van der Waals surface area contributed by atoms with E-state index in [1.165, 1.54) is 18.2 Å². The molecule has 5 heteroatoms. The normalized spacial score (nSPS) is 10.4. The summed E-state index contributed by atoms with van der Waals surface area (Å²) in [6.45, 7) is 0. The van der Waals surface area contributed by atoms with Gasteiger partial charge in [-0.1, -0.05) is 0 Å². The number of hydrogen-bond acceptors (Lipinski definition) is 4. The molecule has 5 nitrogen and oxygen atoms in total. The maximum Gasteiger partial charge on any atom is 0.337 e. The molecule has 0 amide bonds. The average Bonchev–Trinajstić information content (AvgIpc) is 2.15. The van der Waals surface area contributed by atoms with Gasteiger partial charge in [-0.3, -0.25) is 0 Å². The van der Waals surface area contributed by atoms with Crippen molar-refractivity contribution in [3.8, 4) is 5.75 Å². The van der Waals surface area contributed by atoms with E-state index in [4.69, 9.17) is 14.6 Å². The average molecular weight is 206 g/mol. The summed E-state index contributed by atoms with van der Waals surface area (Å²) in [5, 5.41) is 18.3. The van der Waals surface area contributed by atoms with Crippen LogP contribution in [0, 0.1) is 0 Å². The van der Waals surface area contributed by atoms with Crippen molar-refractivity contribution in [3.63, 3.8) is 0 Å². The molecule has 0 unspecified atom stereocenters. The highest BCUT2D eigenvalue weighted by Crippen LogP contribution is 2.21. The first-order valence-electron chi connectivity index (χ1n) is 4.08. The molecule has 15 heavy (non-hydrogen) atoms. The molecule has 2 rings (SSSR count). The SMILES string of the molecule is O=C(O)c1cc(=O)oc2cc(O)ccc12. The van der Waals surface area contributed by atoms with Gasteiger partial charge in [0.05, 0.1) is 5.56 Å². The number of carboxylic acid groups (broad SMARTS) is 1. The molecule has 0 bridgehead atoms. The van der Waals surface area contributed by atoms with Gasteiger partial charge in [0.15, 0.2) is 0 Å². The van der Waals surface area contributed by atoms with Crippen molar-refractivity contribution in [2.24, 2.45) is 0 Å². The lowest BCUT2D eigenvalue weighted by molar-refractivity contribution is 0.0698. The topological polar surface area (TPSA) is 87.7 Å². The smallest absolute Gasteiger partial charge is 0.337 e. The largest absolute Gasteiger partial charge is 0.508 e. The van der Waals surface area contributed by atoms with Gasteiger partial charge in [-0.05, 0) is 12.1 Å². The Morgan fingerprint density at radius 3 is 2.67 bits per heavy atom. The van der Waals surface area contributed by atoms with Crippen molar-refractivity contribution in [3.05, 3.63) is 40.2 Å². The van der Waals surface area contributed by atoms with Crippen LogP contribution >= 0.6 is 0 Å². The Morgan fingerprint density at radius 1 is 1.27 bits per heavy atom. The summed E-state index contributed by atoms with van der Waals surface area (Å²) in [7, 11) is 0. The quantitative estimate of drug-likeness (QED) is 0.684. The second-order valence-electron chi connectivity index (χ2n) is 2.96. The third-order valence-electron chi connectivity index (χ3n) is 1.96. The highest BCUT2D eigenvalue weighted by atomic mass is 16.4. The van der Waals surface area contributed by atoms with Crippen molar-refractivity contribution in [2.45, 2.75) is 0 Å². The Balaban J connectivity index is 2.92. The van der Waals surface area contributed by atoms with E-state index in [1.807, 2.05) is 0 Å². The number of carboxylic acids is 1. The zero-order valence-corrected chi connectivity index (χ0v) is 7.43. The fraction of sp³-hybridized carbons (Fsp3) is 0. The number of fused-ring (bicyclic) bond motifs is 1. The number of benzene rings is 1. The number of phenols is 1. The van der Waals surface area contributed by atoms with E-state index in [2.05, 4.69) is 0 Å². The molecule has 1 heterocycles. The maximum absolute atomic E-state index is 11.0. The standard InChI is InChI=1S/C10H6O5/c11-5-1-2-6-7(10(13)14)4-9(12)15-8(6)3-5/h1-4,11H,(H,13,14). The minimum atomic E-state index is -1.21. The lowest BCUT2D eigenvalue weighted by Crippen LogP contribution is -2.05. The van der Waals surface area contributed by atoms with Crippen molar-refractivity contribution < 1.29 is 19.4 Å². The highest BCUT2D eigenvalue weighted by Gasteiger charge is 2.11. The van der Waals surface area contributed by atoms with Crippen molar-refractivity contribution >= 4 is 16.9 Å². The molecule has 0 aliphatic carbocycles. The Bertz CT molecular complexity index is 596. The van der Waals surface area contributed by atoms with Crippen LogP contribution in [0.5, 0.6) is 5.75 Å². The van der Waals surface area contributed by atoms with Crippen LogP contribution in [0.2, 0.25) is 0 Å². The van der Waals surface area contributed by atoms with Crippen molar-refractivity contribution in [1.29, 1.82) is 0 Å². The summed E-state index contributed by atoms with van der Waals surface area (Å²) in [5.41, 5.74) is -0.841. The molecule has 0 radical (unpaired) electrons. The molecular weight excluding hydrogens is 200 g/mol. The van der Waals surface area contributed by atoms with Gasteiger partial charge in [0.1, 0.15) is 11.3 Å². The van der Waals surface area contributed by atoms with E-state index < -0.39 is 11.6 Å². The van der Waals surface area contributed by atoms with Crippen molar-refractivity contribution in [2.75, 3.05) is 0 Å². The molecular formula is C10H6O5. The van der Waals surface area contributed by atoms with Gasteiger partial charge in [-0.15, -0.1) is 0 Å². The molecule has 0 spiro atoms. The fourth-order valence-corrected chi connectivity index (χ4v) is 1.33. The van der Waals surface area contributed by atoms with Crippen molar-refractivity contribution in [1.82, 2.24) is 0 Å². The number of phenolic OH excluding ortho intramolecular Hbond substituents is 1. The Kier molecular flexibility index (Phi) is 1.93. The molecule has 0 fully saturated rings. The van der Waals surface area contributed by atoms with Crippen LogP contribution in [0.3, 0.4) is 0 Å². The van der Waals surface area contributed by atoms with E-state index in [0.29, 0.717) is 0 Å². The van der Waals surface area contributed by atoms with E-state index in [-0.39, 0.29) is 22.3 Å². The lowest BCUT2D eigenvalue weighted by atomic mass is 10.1. The second-order valence-corrected chi connectivity index (χ2v) is 2.96. The predicted octanol–water partition coefficient (Wildman–Crippen LogP) is 1.20. The molecule has 0 aliphatic heterocycles. The zero-order chi connectivity index (χ0) is 11.0. The number of hydrogen-bond donors (Lipinski definition) is 2. The van der Waals surface area contributed by atoms with Crippen LogP contribution in [-0.2, 0) is 0 Å². The summed E-state index contributed by atoms with van der Waals surface area (Å²) in [5.74, 6) is -1.30. The van der Waals surface area contributed by atoms with Crippen LogP contribution < -0.4 is 5.63 Å². The number of aromatic hydroxyl groups is 1. The van der Waals surface area contributed by atoms with Gasteiger partial charge >= 0.3 is 11.6 Å². The third-order valence-corrected chi connectivity index (χ3v) is 1.96. The van der Waals surface area contributed by atoms with Gasteiger partial charge in [0.25, 0.3) is 0 Å². The molecule has 1 aromatic heterocycles. The second kappa shape index (κ2) is 3.13. The van der Waals surface area contributed by atoms with Crippen LogP contribution in [-0.4, -0.2) is 16.2 Å². The van der Waals surface area contributed by atoms with Crippen LogP contribution in [0.15, 0.2) is 33.5 Å². The fourth-order valence-electron chi connectivity index (χ4n) is 1.33. The summed E-state index contributed by atoms with van der Waals surface area (Å²) in [6, 6.07) is 4.82. The third kappa shape index (κ3) is 1.54. The van der Waals surface area contributed by atoms with E-state index >= 15 is 0 Å². The van der Waals surface area contributed by atoms with E-state index in [0.717, 1.165) is 6.07 Å². The van der Waals surface area contributed by atoms with Crippen LogP contribution in [0.4, 0.5) is 0 Å². The van der Waals surface area contributed by atoms with Crippen LogP contribution in [0.1, 0.15) is 10.4 Å². The molecule has 0 atom stereocenters. The van der Waals surface area contributed by atoms with Gasteiger partial charge in [-0.25, -0.2) is 9.59 Å². The summed E-state index contributed by atoms with van der Waals surface area (Å²) >= 11 is 0. The maximum atomic E-state index is 11.0. The first-order chi connectivity index (χ1) is 7.08. The summed E-state index contributed by atoms with van der Waals surface area (Å²) < 4.78 is 4.75. The van der Waals surface area contributed by atoms with Gasteiger partial charge < -0.3 is 14.6 Å². The van der Waals surface area contributed by atoms with E-state index in [1.54, 1.807) is 0 Å². The molecule has 1 aromatic carbocycles. The lowest BCUT2D eigenvalue weighted by Gasteiger charge is -2.00. The van der Waals surface area contributed by atoms with E-state index in [9.17, 15) is 9.59 Å². The molecule has 2 aromatic rings. The predicted molar refractivity (Wildman–Crippen MR) is 51.1 cm³/mol. The first kappa shape index (κ1) is 9.26. The Labute approximate surface area is 83.2 Å². The minimum Gasteiger partial charge on any atom is -0.508 e. The molecule has 2 N–H and O–H groups in total. The monoisotopic (exact) mass is 206 g/mol. The number of aromatic carboxylic acids is 1. The Hall–Kier alpha value is -2.30. The van der Waals surface area contributed by atoms with Gasteiger partial charge in [0.2, 0.25) is 0 Å². The van der Waals surface area contributed by atoms with Crippen LogP contribution in [0.25, 0.3) is 11.0 Å². The molecule has 0 saturated carbocycles. The molecule has 76 valence electrons. The number of rotatable bonds is 1. The number of carbonyl (C=O) groups is 1. The first-order valence-corrected chi connectivity index (χ1v) is 4.08.